The molecule has 0 amide bonds. The van der Waals surface area contributed by atoms with Gasteiger partial charge in [-0.2, -0.15) is 35.4 Å². The third kappa shape index (κ3) is 10.1. The minimum absolute atomic E-state index is 0. The number of allylic oxidation sites excluding steroid dienone is 4. The molecule has 0 spiro atoms. The molecule has 0 saturated heterocycles. The Kier molecular flexibility index (Phi) is 15.1. The van der Waals surface area contributed by atoms with Gasteiger partial charge in [-0.25, -0.2) is 5.57 Å². The standard InChI is InChI=1S/C21H25.C9H13.C2H6Si.2ClH.Zr/c1-20(2,3)16-7-9-18-14(12-16)11-15-13-17(21(4,5)6)8-10-19(15)18;1-3-8-6-5-7-9(8)4-2;1-3-2;;;/h7-10,12H,11H2,1-6H3;6H,3-5H2,1-2H3;1-2H3;2*1H;/q2*-1;;;;+2/p-2. The molecule has 2 aromatic rings. The molecule has 36 heavy (non-hydrogen) atoms. The molecule has 0 N–H and O–H groups in total. The molecule has 0 atom stereocenters. The normalized spacial score (nSPS) is 13.3. The van der Waals surface area contributed by atoms with Crippen LogP contribution in [-0.4, -0.2) is 5.43 Å². The van der Waals surface area contributed by atoms with Crippen LogP contribution in [0.25, 0.3) is 11.1 Å². The zero-order chi connectivity index (χ0) is 25.7. The van der Waals surface area contributed by atoms with E-state index in [1.54, 1.807) is 23.3 Å². The average molecular weight is 619 g/mol. The second-order valence-corrected chi connectivity index (χ2v) is 21.0. The first-order valence-corrected chi connectivity index (χ1v) is 19.0. The van der Waals surface area contributed by atoms with Gasteiger partial charge < -0.3 is 24.8 Å². The zero-order valence-electron chi connectivity index (χ0n) is 24.0. The Labute approximate surface area is 250 Å². The first-order valence-electron chi connectivity index (χ1n) is 12.8. The van der Waals surface area contributed by atoms with Gasteiger partial charge in [-0.3, -0.25) is 6.08 Å². The van der Waals surface area contributed by atoms with Crippen molar-refractivity contribution in [3.63, 3.8) is 0 Å². The summed E-state index contributed by atoms with van der Waals surface area (Å²) in [6, 6.07) is 15.2. The third-order valence-electron chi connectivity index (χ3n) is 6.25. The Bertz CT molecular complexity index is 999. The summed E-state index contributed by atoms with van der Waals surface area (Å²) < 4.78 is 0. The molecule has 4 rings (SSSR count). The van der Waals surface area contributed by atoms with E-state index in [4.69, 9.17) is 0 Å². The fourth-order valence-electron chi connectivity index (χ4n) is 4.27. The van der Waals surface area contributed by atoms with Crippen molar-refractivity contribution in [1.29, 1.82) is 0 Å². The van der Waals surface area contributed by atoms with E-state index in [9.17, 15) is 0 Å². The van der Waals surface area contributed by atoms with E-state index in [1.165, 1.54) is 50.9 Å². The number of rotatable bonds is 2. The second-order valence-electron chi connectivity index (χ2n) is 11.6. The number of hydrogen-bond donors (Lipinski definition) is 0. The van der Waals surface area contributed by atoms with E-state index in [-0.39, 0.29) is 41.1 Å². The summed E-state index contributed by atoms with van der Waals surface area (Å²) in [7, 11) is 0. The van der Waals surface area contributed by atoms with Gasteiger partial charge in [0.25, 0.3) is 0 Å². The SMILES string of the molecule is CC(C)(C)c1[c-]c2c(cc1)-c1ccc(C(C)(C)C)cc1C2.CCC1=[C-]CC=C1CC.C[Si](C)=[Zr+2].[Cl-].[Cl-]. The molecule has 2 aromatic carbocycles. The molecular formula is C32H44Cl2SiZr-2. The maximum absolute atomic E-state index is 3.67. The molecule has 0 radical (unpaired) electrons. The first-order chi connectivity index (χ1) is 15.8. The van der Waals surface area contributed by atoms with Gasteiger partial charge in [0.05, 0.1) is 0 Å². The minimum Gasteiger partial charge on any atom is -1.00 e. The Balaban J connectivity index is 0.000000686. The van der Waals surface area contributed by atoms with Crippen LogP contribution in [0, 0.1) is 12.1 Å². The molecule has 2 aliphatic carbocycles. The Hall–Kier alpha value is -0.400. The van der Waals surface area contributed by atoms with Crippen LogP contribution in [-0.2, 0) is 40.6 Å². The van der Waals surface area contributed by atoms with Crippen molar-refractivity contribution in [2.75, 3.05) is 0 Å². The van der Waals surface area contributed by atoms with Crippen LogP contribution in [0.1, 0.15) is 96.9 Å². The molecule has 0 heterocycles. The maximum atomic E-state index is 3.67. The molecule has 0 aliphatic heterocycles. The van der Waals surface area contributed by atoms with E-state index < -0.39 is 0 Å². The molecule has 196 valence electrons. The number of halogens is 2. The van der Waals surface area contributed by atoms with E-state index in [0.717, 1.165) is 19.3 Å². The fourth-order valence-corrected chi connectivity index (χ4v) is 4.27. The van der Waals surface area contributed by atoms with Crippen LogP contribution >= 0.6 is 0 Å². The first kappa shape index (κ1) is 35.6. The van der Waals surface area contributed by atoms with Gasteiger partial charge >= 0.3 is 41.9 Å². The molecule has 0 nitrogen and oxygen atoms in total. The molecule has 0 aromatic heterocycles. The number of benzene rings is 2. The largest absolute Gasteiger partial charge is 1.00 e. The van der Waals surface area contributed by atoms with Crippen LogP contribution < -0.4 is 24.8 Å². The van der Waals surface area contributed by atoms with E-state index in [0.29, 0.717) is 0 Å². The van der Waals surface area contributed by atoms with Gasteiger partial charge in [0.1, 0.15) is 0 Å². The van der Waals surface area contributed by atoms with Gasteiger partial charge in [0, 0.05) is 0 Å². The molecule has 0 saturated carbocycles. The van der Waals surface area contributed by atoms with Crippen LogP contribution in [0.3, 0.4) is 0 Å². The summed E-state index contributed by atoms with van der Waals surface area (Å²) in [6.45, 7) is 22.6. The predicted octanol–water partition coefficient (Wildman–Crippen LogP) is 3.31. The van der Waals surface area contributed by atoms with E-state index >= 15 is 0 Å². The number of fused-ring (bicyclic) bond motifs is 3. The molecule has 2 aliphatic rings. The topological polar surface area (TPSA) is 0 Å². The summed E-state index contributed by atoms with van der Waals surface area (Å²) in [5.74, 6) is 0. The van der Waals surface area contributed by atoms with Crippen molar-refractivity contribution in [3.8, 4) is 11.1 Å². The van der Waals surface area contributed by atoms with Gasteiger partial charge in [-0.15, -0.1) is 17.5 Å². The summed E-state index contributed by atoms with van der Waals surface area (Å²) in [5.41, 5.74) is 11.9. The number of hydrogen-bond acceptors (Lipinski definition) is 0. The monoisotopic (exact) mass is 616 g/mol. The fraction of sp³-hybridized carbons (Fsp3) is 0.500. The zero-order valence-corrected chi connectivity index (χ0v) is 29.0. The van der Waals surface area contributed by atoms with Gasteiger partial charge in [-0.1, -0.05) is 92.0 Å². The van der Waals surface area contributed by atoms with Gasteiger partial charge in [-0.05, 0) is 28.4 Å². The van der Waals surface area contributed by atoms with Crippen molar-refractivity contribution in [3.05, 3.63) is 82.0 Å². The van der Waals surface area contributed by atoms with Gasteiger partial charge in [0.15, 0.2) is 0 Å². The van der Waals surface area contributed by atoms with Crippen LogP contribution in [0.4, 0.5) is 0 Å². The summed E-state index contributed by atoms with van der Waals surface area (Å²) in [4.78, 5) is 0. The second kappa shape index (κ2) is 15.3. The van der Waals surface area contributed by atoms with Crippen LogP contribution in [0.2, 0.25) is 13.1 Å². The molecular weight excluding hydrogens is 575 g/mol. The van der Waals surface area contributed by atoms with E-state index in [2.05, 4.69) is 117 Å². The van der Waals surface area contributed by atoms with Crippen molar-refractivity contribution >= 4 is 5.43 Å². The quantitative estimate of drug-likeness (QED) is 0.306. The molecule has 0 bridgehead atoms. The molecule has 0 fully saturated rings. The van der Waals surface area contributed by atoms with Crippen molar-refractivity contribution in [2.24, 2.45) is 0 Å². The smallest absolute Gasteiger partial charge is 1.00 e. The average Bonchev–Trinajstić information content (AvgIpc) is 3.35. The van der Waals surface area contributed by atoms with Crippen LogP contribution in [0.5, 0.6) is 0 Å². The Morgan fingerprint density at radius 2 is 1.44 bits per heavy atom. The van der Waals surface area contributed by atoms with E-state index in [1.807, 2.05) is 0 Å². The van der Waals surface area contributed by atoms with Crippen molar-refractivity contribution in [1.82, 2.24) is 0 Å². The van der Waals surface area contributed by atoms with Crippen molar-refractivity contribution < 1.29 is 48.1 Å². The summed E-state index contributed by atoms with van der Waals surface area (Å²) >= 11 is 1.74. The van der Waals surface area contributed by atoms with Gasteiger partial charge in [0.2, 0.25) is 0 Å². The van der Waals surface area contributed by atoms with Crippen molar-refractivity contribution in [2.45, 2.75) is 105 Å². The minimum atomic E-state index is 0. The summed E-state index contributed by atoms with van der Waals surface area (Å²) in [6.07, 6.45) is 10.0. The predicted molar refractivity (Wildman–Crippen MR) is 148 cm³/mol. The third-order valence-corrected chi connectivity index (χ3v) is 6.25. The van der Waals surface area contributed by atoms with Crippen LogP contribution in [0.15, 0.2) is 47.6 Å². The Morgan fingerprint density at radius 1 is 0.861 bits per heavy atom. The summed E-state index contributed by atoms with van der Waals surface area (Å²) in [5, 5.41) is 0. The maximum Gasteiger partial charge on any atom is -1.00 e. The molecule has 0 unspecified atom stereocenters. The molecule has 4 heteroatoms. The Morgan fingerprint density at radius 3 is 1.92 bits per heavy atom.